The fourth-order valence-electron chi connectivity index (χ4n) is 3.65. The van der Waals surface area contributed by atoms with E-state index in [9.17, 15) is 19.2 Å². The zero-order valence-electron chi connectivity index (χ0n) is 17.8. The van der Waals surface area contributed by atoms with Crippen molar-refractivity contribution in [2.75, 3.05) is 41.0 Å². The van der Waals surface area contributed by atoms with Gasteiger partial charge in [-0.1, -0.05) is 19.4 Å². The van der Waals surface area contributed by atoms with Crippen LogP contribution < -0.4 is 32.1 Å². The molecular weight excluding hydrogens is 400 g/mol. The number of carbonyl (C=O) groups is 2. The summed E-state index contributed by atoms with van der Waals surface area (Å²) in [6.45, 7) is 2.88. The zero-order chi connectivity index (χ0) is 22.5. The molecule has 2 heterocycles. The Labute approximate surface area is 179 Å². The van der Waals surface area contributed by atoms with Gasteiger partial charge in [0.2, 0.25) is 11.8 Å². The Morgan fingerprint density at radius 3 is 2.74 bits per heavy atom. The number of rotatable bonds is 8. The number of benzene rings is 1. The molecule has 4 N–H and O–H groups in total. The second kappa shape index (κ2) is 9.50. The van der Waals surface area contributed by atoms with Crippen molar-refractivity contribution in [2.24, 2.45) is 0 Å². The highest BCUT2D eigenvalue weighted by molar-refractivity contribution is 5.98. The van der Waals surface area contributed by atoms with E-state index in [4.69, 9.17) is 5.73 Å². The average molecular weight is 428 g/mol. The summed E-state index contributed by atoms with van der Waals surface area (Å²) in [5.41, 5.74) is 6.24. The highest BCUT2D eigenvalue weighted by Crippen LogP contribution is 2.24. The molecule has 10 nitrogen and oxygen atoms in total. The van der Waals surface area contributed by atoms with Gasteiger partial charge in [0.25, 0.3) is 5.56 Å². The quantitative estimate of drug-likeness (QED) is 0.577. The van der Waals surface area contributed by atoms with Gasteiger partial charge in [0.1, 0.15) is 11.5 Å². The third-order valence-electron chi connectivity index (χ3n) is 5.23. The topological polar surface area (TPSA) is 134 Å². The normalized spacial score (nSPS) is 13.5. The summed E-state index contributed by atoms with van der Waals surface area (Å²) < 4.78 is 1.31. The summed E-state index contributed by atoms with van der Waals surface area (Å²) in [5, 5.41) is 2.78. The van der Waals surface area contributed by atoms with Crippen LogP contribution in [0.3, 0.4) is 0 Å². The summed E-state index contributed by atoms with van der Waals surface area (Å²) in [4.78, 5) is 54.3. The predicted molar refractivity (Wildman–Crippen MR) is 121 cm³/mol. The molecule has 0 spiro atoms. The minimum Gasteiger partial charge on any atom is -0.383 e. The lowest BCUT2D eigenvalue weighted by Crippen LogP contribution is -2.39. The van der Waals surface area contributed by atoms with Crippen LogP contribution in [-0.4, -0.2) is 41.5 Å². The number of unbranched alkanes of at least 4 members (excludes halogenated alkanes) is 1. The van der Waals surface area contributed by atoms with E-state index in [1.165, 1.54) is 9.47 Å². The van der Waals surface area contributed by atoms with Gasteiger partial charge < -0.3 is 20.9 Å². The van der Waals surface area contributed by atoms with Crippen molar-refractivity contribution >= 4 is 34.7 Å². The summed E-state index contributed by atoms with van der Waals surface area (Å²) in [6, 6.07) is 7.07. The molecule has 2 amide bonds. The van der Waals surface area contributed by atoms with Gasteiger partial charge in [-0.05, 0) is 31.0 Å². The van der Waals surface area contributed by atoms with Crippen LogP contribution in [0.4, 0.5) is 22.9 Å². The van der Waals surface area contributed by atoms with Gasteiger partial charge in [0, 0.05) is 37.9 Å². The minimum absolute atomic E-state index is 0.0343. The number of H-pyrrole nitrogens is 1. The second-order valence-corrected chi connectivity index (χ2v) is 7.60. The highest BCUT2D eigenvalue weighted by atomic mass is 16.2. The lowest BCUT2D eigenvalue weighted by atomic mass is 10.2. The smallest absolute Gasteiger partial charge is 0.330 e. The van der Waals surface area contributed by atoms with E-state index >= 15 is 0 Å². The molecule has 166 valence electrons. The largest absolute Gasteiger partial charge is 0.383 e. The maximum absolute atomic E-state index is 12.6. The molecule has 1 aliphatic heterocycles. The van der Waals surface area contributed by atoms with Crippen molar-refractivity contribution in [3.63, 3.8) is 0 Å². The third kappa shape index (κ3) is 4.96. The first-order valence-electron chi connectivity index (χ1n) is 10.4. The number of amides is 2. The van der Waals surface area contributed by atoms with Crippen LogP contribution in [0.1, 0.15) is 32.6 Å². The summed E-state index contributed by atoms with van der Waals surface area (Å²) in [6.07, 6.45) is 2.94. The maximum atomic E-state index is 12.6. The van der Waals surface area contributed by atoms with Crippen molar-refractivity contribution < 1.29 is 9.59 Å². The van der Waals surface area contributed by atoms with Crippen LogP contribution in [0.2, 0.25) is 0 Å². The van der Waals surface area contributed by atoms with Crippen LogP contribution in [0.25, 0.3) is 0 Å². The summed E-state index contributed by atoms with van der Waals surface area (Å²) >= 11 is 0. The number of anilines is 4. The second-order valence-electron chi connectivity index (χ2n) is 7.60. The van der Waals surface area contributed by atoms with Crippen LogP contribution in [0, 0.1) is 0 Å². The first-order valence-corrected chi connectivity index (χ1v) is 10.4. The van der Waals surface area contributed by atoms with Gasteiger partial charge >= 0.3 is 5.69 Å². The van der Waals surface area contributed by atoms with Gasteiger partial charge in [-0.2, -0.15) is 0 Å². The van der Waals surface area contributed by atoms with Crippen molar-refractivity contribution in [1.82, 2.24) is 9.55 Å². The SMILES string of the molecule is CCCCn1c(N)c(N(C)CC(=O)Nc2cccc(N3CCCC3=O)c2)c(=O)[nH]c1=O. The number of likely N-dealkylation sites (N-methyl/N-ethyl adjacent to an activating group) is 1. The zero-order valence-corrected chi connectivity index (χ0v) is 17.8. The number of hydrogen-bond acceptors (Lipinski definition) is 6. The van der Waals surface area contributed by atoms with Crippen molar-refractivity contribution in [2.45, 2.75) is 39.2 Å². The fraction of sp³-hybridized carbons (Fsp3) is 0.429. The summed E-state index contributed by atoms with van der Waals surface area (Å²) in [5.74, 6) is -0.263. The molecule has 1 aliphatic rings. The monoisotopic (exact) mass is 428 g/mol. The Kier molecular flexibility index (Phi) is 6.78. The van der Waals surface area contributed by atoms with Gasteiger partial charge in [0.05, 0.1) is 6.54 Å². The number of aromatic nitrogens is 2. The number of hydrogen-bond donors (Lipinski definition) is 3. The summed E-state index contributed by atoms with van der Waals surface area (Å²) in [7, 11) is 1.56. The van der Waals surface area contributed by atoms with Gasteiger partial charge in [-0.15, -0.1) is 0 Å². The molecule has 0 atom stereocenters. The minimum atomic E-state index is -0.639. The molecule has 0 radical (unpaired) electrons. The Morgan fingerprint density at radius 1 is 1.29 bits per heavy atom. The van der Waals surface area contributed by atoms with E-state index in [0.29, 0.717) is 25.2 Å². The number of nitrogens with zero attached hydrogens (tertiary/aromatic N) is 3. The predicted octanol–water partition coefficient (Wildman–Crippen LogP) is 1.12. The molecule has 0 saturated carbocycles. The highest BCUT2D eigenvalue weighted by Gasteiger charge is 2.22. The molecule has 1 aromatic heterocycles. The molecular formula is C21H28N6O4. The molecule has 31 heavy (non-hydrogen) atoms. The number of nitrogens with one attached hydrogen (secondary N) is 2. The van der Waals surface area contributed by atoms with E-state index in [1.54, 1.807) is 30.1 Å². The fourth-order valence-corrected chi connectivity index (χ4v) is 3.65. The van der Waals surface area contributed by atoms with Crippen molar-refractivity contribution in [3.8, 4) is 0 Å². The van der Waals surface area contributed by atoms with E-state index in [2.05, 4.69) is 10.3 Å². The maximum Gasteiger partial charge on any atom is 0.330 e. The Hall–Kier alpha value is -3.56. The molecule has 0 unspecified atom stereocenters. The number of aromatic amines is 1. The molecule has 1 fully saturated rings. The standard InChI is InChI=1S/C21H28N6O4/c1-3-4-10-27-19(22)18(20(30)24-21(27)31)25(2)13-16(28)23-14-7-5-8-15(12-14)26-11-6-9-17(26)29/h5,7-8,12H,3-4,6,9-11,13,22H2,1-2H3,(H,23,28)(H,24,30,31). The van der Waals surface area contributed by atoms with Crippen LogP contribution in [0.5, 0.6) is 0 Å². The third-order valence-corrected chi connectivity index (χ3v) is 5.23. The van der Waals surface area contributed by atoms with Crippen molar-refractivity contribution in [1.29, 1.82) is 0 Å². The van der Waals surface area contributed by atoms with Crippen LogP contribution in [0.15, 0.2) is 33.9 Å². The lowest BCUT2D eigenvalue weighted by molar-refractivity contribution is -0.117. The van der Waals surface area contributed by atoms with Gasteiger partial charge in [-0.25, -0.2) is 4.79 Å². The van der Waals surface area contributed by atoms with E-state index < -0.39 is 11.2 Å². The molecule has 10 heteroatoms. The first-order chi connectivity index (χ1) is 14.8. The number of carbonyl (C=O) groups excluding carboxylic acids is 2. The number of nitrogen functional groups attached to an aromatic ring is 1. The Balaban J connectivity index is 1.73. The molecule has 0 aliphatic carbocycles. The van der Waals surface area contributed by atoms with Crippen LogP contribution in [-0.2, 0) is 16.1 Å². The molecule has 2 aromatic rings. The molecule has 1 aromatic carbocycles. The van der Waals surface area contributed by atoms with E-state index in [-0.39, 0.29) is 29.9 Å². The van der Waals surface area contributed by atoms with Crippen molar-refractivity contribution in [3.05, 3.63) is 45.1 Å². The molecule has 1 saturated heterocycles. The molecule has 3 rings (SSSR count). The Morgan fingerprint density at radius 2 is 2.06 bits per heavy atom. The van der Waals surface area contributed by atoms with E-state index in [0.717, 1.165) is 24.9 Å². The average Bonchev–Trinajstić information content (AvgIpc) is 3.13. The van der Waals surface area contributed by atoms with Crippen LogP contribution >= 0.6 is 0 Å². The molecule has 0 bridgehead atoms. The number of nitrogens with two attached hydrogens (primary N) is 1. The first kappa shape index (κ1) is 22.1. The Bertz CT molecular complexity index is 1090. The van der Waals surface area contributed by atoms with Gasteiger partial charge in [0.15, 0.2) is 0 Å². The van der Waals surface area contributed by atoms with Gasteiger partial charge in [-0.3, -0.25) is 23.9 Å². The van der Waals surface area contributed by atoms with E-state index in [1.807, 2.05) is 13.0 Å². The lowest BCUT2D eigenvalue weighted by Gasteiger charge is -2.21.